The summed E-state index contributed by atoms with van der Waals surface area (Å²) < 4.78 is 7.79. The van der Waals surface area contributed by atoms with E-state index in [0.29, 0.717) is 25.7 Å². The zero-order chi connectivity index (χ0) is 20.6. The number of ether oxygens (including phenoxy) is 1. The third-order valence-corrected chi connectivity index (χ3v) is 4.65. The Labute approximate surface area is 198 Å². The second-order valence-electron chi connectivity index (χ2n) is 6.74. The SMILES string of the molecule is CN=C(NCc1ccc(OCc2ccccc2)cc1)NCc1nnc2ccccn12.I. The molecule has 2 aromatic carbocycles. The van der Waals surface area contributed by atoms with E-state index in [9.17, 15) is 0 Å². The number of nitrogens with one attached hydrogen (secondary N) is 2. The number of aromatic nitrogens is 3. The van der Waals surface area contributed by atoms with Crippen molar-refractivity contribution < 1.29 is 4.74 Å². The van der Waals surface area contributed by atoms with Crippen LogP contribution in [0.3, 0.4) is 0 Å². The van der Waals surface area contributed by atoms with Crippen LogP contribution in [0.25, 0.3) is 5.65 Å². The maximum absolute atomic E-state index is 5.84. The number of pyridine rings is 1. The lowest BCUT2D eigenvalue weighted by Crippen LogP contribution is -2.36. The average molecular weight is 528 g/mol. The van der Waals surface area contributed by atoms with Gasteiger partial charge in [0.05, 0.1) is 6.54 Å². The molecule has 8 heteroatoms. The highest BCUT2D eigenvalue weighted by Crippen LogP contribution is 2.14. The second-order valence-corrected chi connectivity index (χ2v) is 6.74. The molecular weight excluding hydrogens is 503 g/mol. The van der Waals surface area contributed by atoms with E-state index >= 15 is 0 Å². The van der Waals surface area contributed by atoms with Gasteiger partial charge in [0.15, 0.2) is 17.4 Å². The van der Waals surface area contributed by atoms with Gasteiger partial charge in [0.25, 0.3) is 0 Å². The van der Waals surface area contributed by atoms with Crippen molar-refractivity contribution in [2.45, 2.75) is 19.7 Å². The summed E-state index contributed by atoms with van der Waals surface area (Å²) in [4.78, 5) is 4.28. The molecule has 0 amide bonds. The van der Waals surface area contributed by atoms with Crippen molar-refractivity contribution >= 4 is 35.6 Å². The van der Waals surface area contributed by atoms with Crippen molar-refractivity contribution in [2.24, 2.45) is 4.99 Å². The summed E-state index contributed by atoms with van der Waals surface area (Å²) in [5.74, 6) is 2.38. The van der Waals surface area contributed by atoms with E-state index in [1.54, 1.807) is 7.05 Å². The number of benzene rings is 2. The molecule has 2 aromatic heterocycles. The molecule has 0 aliphatic carbocycles. The molecule has 0 spiro atoms. The van der Waals surface area contributed by atoms with Crippen LogP contribution in [-0.2, 0) is 19.7 Å². The third-order valence-electron chi connectivity index (χ3n) is 4.65. The van der Waals surface area contributed by atoms with Crippen LogP contribution >= 0.6 is 24.0 Å². The summed E-state index contributed by atoms with van der Waals surface area (Å²) >= 11 is 0. The number of hydrogen-bond donors (Lipinski definition) is 2. The highest BCUT2D eigenvalue weighted by Gasteiger charge is 2.06. The highest BCUT2D eigenvalue weighted by atomic mass is 127. The fourth-order valence-corrected chi connectivity index (χ4v) is 3.03. The topological polar surface area (TPSA) is 75.8 Å². The maximum Gasteiger partial charge on any atom is 0.191 e. The molecule has 0 bridgehead atoms. The molecule has 0 fully saturated rings. The minimum atomic E-state index is 0. The number of guanidine groups is 1. The maximum atomic E-state index is 5.84. The number of halogens is 1. The molecular formula is C23H25IN6O. The molecule has 0 saturated carbocycles. The number of nitrogens with zero attached hydrogens (tertiary/aromatic N) is 4. The molecule has 160 valence electrons. The van der Waals surface area contributed by atoms with Gasteiger partial charge in [-0.1, -0.05) is 48.5 Å². The summed E-state index contributed by atoms with van der Waals surface area (Å²) in [6.45, 7) is 1.74. The quantitative estimate of drug-likeness (QED) is 0.217. The van der Waals surface area contributed by atoms with Crippen LogP contribution in [0.1, 0.15) is 17.0 Å². The molecule has 0 atom stereocenters. The normalized spacial score (nSPS) is 11.1. The first-order valence-electron chi connectivity index (χ1n) is 9.80. The van der Waals surface area contributed by atoms with E-state index in [0.717, 1.165) is 28.3 Å². The monoisotopic (exact) mass is 528 g/mol. The van der Waals surface area contributed by atoms with Gasteiger partial charge < -0.3 is 15.4 Å². The molecule has 0 radical (unpaired) electrons. The number of fused-ring (bicyclic) bond motifs is 1. The van der Waals surface area contributed by atoms with Gasteiger partial charge in [0, 0.05) is 19.8 Å². The lowest BCUT2D eigenvalue weighted by molar-refractivity contribution is 0.306. The molecule has 31 heavy (non-hydrogen) atoms. The van der Waals surface area contributed by atoms with Crippen molar-refractivity contribution in [1.82, 2.24) is 25.2 Å². The van der Waals surface area contributed by atoms with Crippen LogP contribution in [0.5, 0.6) is 5.75 Å². The van der Waals surface area contributed by atoms with Gasteiger partial charge in [0.2, 0.25) is 0 Å². The first-order chi connectivity index (χ1) is 14.8. The van der Waals surface area contributed by atoms with E-state index in [1.165, 1.54) is 0 Å². The van der Waals surface area contributed by atoms with E-state index in [4.69, 9.17) is 4.74 Å². The minimum absolute atomic E-state index is 0. The molecule has 4 rings (SSSR count). The molecule has 0 unspecified atom stereocenters. The predicted molar refractivity (Wildman–Crippen MR) is 133 cm³/mol. The van der Waals surface area contributed by atoms with Gasteiger partial charge in [-0.3, -0.25) is 9.39 Å². The van der Waals surface area contributed by atoms with Crippen LogP contribution in [0.2, 0.25) is 0 Å². The van der Waals surface area contributed by atoms with Crippen molar-refractivity contribution in [3.8, 4) is 5.75 Å². The Kier molecular flexibility index (Phi) is 8.22. The molecule has 0 aliphatic heterocycles. The van der Waals surface area contributed by atoms with E-state index in [-0.39, 0.29) is 24.0 Å². The van der Waals surface area contributed by atoms with Gasteiger partial charge in [-0.25, -0.2) is 0 Å². The van der Waals surface area contributed by atoms with Crippen LogP contribution < -0.4 is 15.4 Å². The summed E-state index contributed by atoms with van der Waals surface area (Å²) in [6.07, 6.45) is 1.95. The molecule has 0 saturated heterocycles. The van der Waals surface area contributed by atoms with Crippen LogP contribution in [0.4, 0.5) is 0 Å². The Morgan fingerprint density at radius 3 is 2.39 bits per heavy atom. The average Bonchev–Trinajstić information content (AvgIpc) is 3.22. The van der Waals surface area contributed by atoms with Gasteiger partial charge in [0.1, 0.15) is 12.4 Å². The van der Waals surface area contributed by atoms with Crippen LogP contribution in [0.15, 0.2) is 84.0 Å². The van der Waals surface area contributed by atoms with Gasteiger partial charge in [-0.2, -0.15) is 0 Å². The van der Waals surface area contributed by atoms with Crippen LogP contribution in [-0.4, -0.2) is 27.6 Å². The van der Waals surface area contributed by atoms with Crippen LogP contribution in [0, 0.1) is 0 Å². The Bertz CT molecular complexity index is 1110. The summed E-state index contributed by atoms with van der Waals surface area (Å²) in [5, 5.41) is 15.0. The first kappa shape index (κ1) is 22.5. The summed E-state index contributed by atoms with van der Waals surface area (Å²) in [7, 11) is 1.75. The highest BCUT2D eigenvalue weighted by molar-refractivity contribution is 14.0. The number of rotatable bonds is 7. The van der Waals surface area contributed by atoms with Crippen molar-refractivity contribution in [3.63, 3.8) is 0 Å². The lowest BCUT2D eigenvalue weighted by Gasteiger charge is -2.12. The second kappa shape index (κ2) is 11.3. The Morgan fingerprint density at radius 2 is 1.61 bits per heavy atom. The smallest absolute Gasteiger partial charge is 0.191 e. The van der Waals surface area contributed by atoms with E-state index in [2.05, 4.69) is 38.0 Å². The zero-order valence-corrected chi connectivity index (χ0v) is 19.6. The number of aliphatic imine (C=N–C) groups is 1. The standard InChI is InChI=1S/C23H24N6O.HI/c1-24-23(26-16-22-28-27-21-9-5-6-14-29(21)22)25-15-18-10-12-20(13-11-18)30-17-19-7-3-2-4-8-19;/h2-14H,15-17H2,1H3,(H2,24,25,26);1H. The van der Waals surface area contributed by atoms with Gasteiger partial charge >= 0.3 is 0 Å². The fraction of sp³-hybridized carbons (Fsp3) is 0.174. The predicted octanol–water partition coefficient (Wildman–Crippen LogP) is 3.79. The zero-order valence-electron chi connectivity index (χ0n) is 17.2. The number of hydrogen-bond acceptors (Lipinski definition) is 4. The van der Waals surface area contributed by atoms with E-state index in [1.807, 2.05) is 71.3 Å². The fourth-order valence-electron chi connectivity index (χ4n) is 3.03. The van der Waals surface area contributed by atoms with E-state index < -0.39 is 0 Å². The third kappa shape index (κ3) is 6.17. The van der Waals surface area contributed by atoms with Crippen molar-refractivity contribution in [1.29, 1.82) is 0 Å². The largest absolute Gasteiger partial charge is 0.489 e. The first-order valence-corrected chi connectivity index (χ1v) is 9.80. The Balaban J connectivity index is 0.00000272. The van der Waals surface area contributed by atoms with Crippen molar-refractivity contribution in [3.05, 3.63) is 95.9 Å². The molecule has 2 N–H and O–H groups in total. The summed E-state index contributed by atoms with van der Waals surface area (Å²) in [6, 6.07) is 24.0. The summed E-state index contributed by atoms with van der Waals surface area (Å²) in [5.41, 5.74) is 3.11. The Hall–Kier alpha value is -3.14. The molecule has 7 nitrogen and oxygen atoms in total. The Morgan fingerprint density at radius 1 is 0.871 bits per heavy atom. The van der Waals surface area contributed by atoms with Gasteiger partial charge in [-0.05, 0) is 35.4 Å². The lowest BCUT2D eigenvalue weighted by atomic mass is 10.2. The molecule has 0 aliphatic rings. The minimum Gasteiger partial charge on any atom is -0.489 e. The molecule has 2 heterocycles. The molecule has 4 aromatic rings. The van der Waals surface area contributed by atoms with Crippen molar-refractivity contribution in [2.75, 3.05) is 7.05 Å². The van der Waals surface area contributed by atoms with Gasteiger partial charge in [-0.15, -0.1) is 34.2 Å².